The minimum Gasteiger partial charge on any atom is -0.314 e. The lowest BCUT2D eigenvalue weighted by Gasteiger charge is -2.24. The van der Waals surface area contributed by atoms with E-state index in [2.05, 4.69) is 15.6 Å². The van der Waals surface area contributed by atoms with Crippen molar-refractivity contribution >= 4 is 23.2 Å². The third-order valence-electron chi connectivity index (χ3n) is 7.10. The molecule has 0 spiro atoms. The summed E-state index contributed by atoms with van der Waals surface area (Å²) in [5, 5.41) is 11.9. The van der Waals surface area contributed by atoms with Gasteiger partial charge in [-0.1, -0.05) is 36.1 Å². The first kappa shape index (κ1) is 21.9. The molecule has 33 heavy (non-hydrogen) atoms. The highest BCUT2D eigenvalue weighted by Gasteiger charge is 2.29. The van der Waals surface area contributed by atoms with Crippen molar-refractivity contribution in [2.24, 2.45) is 7.05 Å². The summed E-state index contributed by atoms with van der Waals surface area (Å²) < 4.78 is 5.35. The molecule has 0 saturated heterocycles. The average molecular weight is 469 g/mol. The van der Waals surface area contributed by atoms with Gasteiger partial charge in [-0.25, -0.2) is 9.36 Å². The maximum absolute atomic E-state index is 13.2. The second-order valence-corrected chi connectivity index (χ2v) is 9.73. The van der Waals surface area contributed by atoms with Crippen LogP contribution in [-0.2, 0) is 7.05 Å². The van der Waals surface area contributed by atoms with E-state index < -0.39 is 5.91 Å². The van der Waals surface area contributed by atoms with Crippen LogP contribution in [0.15, 0.2) is 23.0 Å². The van der Waals surface area contributed by atoms with Gasteiger partial charge in [0.15, 0.2) is 5.69 Å². The Morgan fingerprint density at radius 3 is 2.52 bits per heavy atom. The molecule has 2 aliphatic carbocycles. The van der Waals surface area contributed by atoms with Crippen molar-refractivity contribution in [2.75, 3.05) is 5.32 Å². The minimum atomic E-state index is -0.428. The van der Waals surface area contributed by atoms with Crippen LogP contribution in [0.2, 0.25) is 5.02 Å². The predicted octanol–water partition coefficient (Wildman–Crippen LogP) is 4.67. The fraction of sp³-hybridized carbons (Fsp3) is 0.500. The molecule has 0 atom stereocenters. The number of hydrogen-bond donors (Lipinski definition) is 1. The van der Waals surface area contributed by atoms with E-state index in [-0.39, 0.29) is 17.3 Å². The van der Waals surface area contributed by atoms with Gasteiger partial charge in [-0.3, -0.25) is 14.3 Å². The number of nitrogens with zero attached hydrogens (tertiary/aromatic N) is 5. The summed E-state index contributed by atoms with van der Waals surface area (Å²) in [6, 6.07) is 5.89. The summed E-state index contributed by atoms with van der Waals surface area (Å²) in [7, 11) is 1.88. The highest BCUT2D eigenvalue weighted by molar-refractivity contribution is 6.30. The van der Waals surface area contributed by atoms with Gasteiger partial charge in [-0.05, 0) is 69.2 Å². The number of benzene rings is 1. The molecule has 5 rings (SSSR count). The van der Waals surface area contributed by atoms with E-state index in [9.17, 15) is 9.59 Å². The van der Waals surface area contributed by atoms with Crippen molar-refractivity contribution in [1.29, 1.82) is 0 Å². The lowest BCUT2D eigenvalue weighted by atomic mass is 9.96. The third-order valence-corrected chi connectivity index (χ3v) is 7.33. The lowest BCUT2D eigenvalue weighted by Crippen LogP contribution is -2.29. The molecule has 0 unspecified atom stereocenters. The molecule has 2 fully saturated rings. The Balaban J connectivity index is 1.45. The molecule has 2 heterocycles. The van der Waals surface area contributed by atoms with E-state index in [0.29, 0.717) is 22.3 Å². The monoisotopic (exact) mass is 468 g/mol. The fourth-order valence-electron chi connectivity index (χ4n) is 4.99. The van der Waals surface area contributed by atoms with E-state index in [4.69, 9.17) is 11.6 Å². The first-order valence-electron chi connectivity index (χ1n) is 11.7. The molecule has 3 aromatic rings. The van der Waals surface area contributed by atoms with E-state index in [1.54, 1.807) is 9.36 Å². The first-order chi connectivity index (χ1) is 15.9. The van der Waals surface area contributed by atoms with Gasteiger partial charge in [0.25, 0.3) is 11.5 Å². The molecule has 1 N–H and O–H groups in total. The molecule has 1 amide bonds. The second kappa shape index (κ2) is 8.48. The molecule has 1 aromatic carbocycles. The number of carbonyl (C=O) groups is 1. The van der Waals surface area contributed by atoms with E-state index >= 15 is 0 Å². The molecule has 174 valence electrons. The number of amides is 1. The summed E-state index contributed by atoms with van der Waals surface area (Å²) in [6.07, 6.45) is 7.68. The van der Waals surface area contributed by atoms with E-state index in [0.717, 1.165) is 55.5 Å². The third kappa shape index (κ3) is 3.90. The smallest absolute Gasteiger partial charge is 0.291 e. The van der Waals surface area contributed by atoms with Gasteiger partial charge in [0.1, 0.15) is 5.69 Å². The lowest BCUT2D eigenvalue weighted by molar-refractivity contribution is 0.102. The van der Waals surface area contributed by atoms with Gasteiger partial charge in [0, 0.05) is 12.1 Å². The summed E-state index contributed by atoms with van der Waals surface area (Å²) in [6.45, 7) is 3.67. The van der Waals surface area contributed by atoms with Crippen molar-refractivity contribution in [2.45, 2.75) is 70.8 Å². The van der Waals surface area contributed by atoms with Gasteiger partial charge in [-0.2, -0.15) is 0 Å². The summed E-state index contributed by atoms with van der Waals surface area (Å²) in [5.41, 5.74) is 3.73. The largest absolute Gasteiger partial charge is 0.314 e. The minimum absolute atomic E-state index is 0.158. The van der Waals surface area contributed by atoms with Crippen LogP contribution in [0.4, 0.5) is 5.69 Å². The Morgan fingerprint density at radius 1 is 1.09 bits per heavy atom. The highest BCUT2D eigenvalue weighted by atomic mass is 35.5. The first-order valence-corrected chi connectivity index (χ1v) is 12.1. The predicted molar refractivity (Wildman–Crippen MR) is 128 cm³/mol. The van der Waals surface area contributed by atoms with E-state index in [1.165, 1.54) is 6.42 Å². The van der Waals surface area contributed by atoms with Crippen LogP contribution in [0.3, 0.4) is 0 Å². The van der Waals surface area contributed by atoms with Crippen molar-refractivity contribution < 1.29 is 4.79 Å². The van der Waals surface area contributed by atoms with Gasteiger partial charge in [0.05, 0.1) is 23.1 Å². The summed E-state index contributed by atoms with van der Waals surface area (Å²) >= 11 is 6.22. The summed E-state index contributed by atoms with van der Waals surface area (Å²) in [5.74, 6) is 0.0343. The SMILES string of the molecule is Cc1c(C(=O)Nc2c(C)n(C)n(C3CCCCC3)c2=O)nnn1-c1ccc(Cl)cc1C1CC1. The number of halogens is 1. The van der Waals surface area contributed by atoms with Crippen LogP contribution in [0, 0.1) is 13.8 Å². The molecule has 2 saturated carbocycles. The Bertz CT molecular complexity index is 1280. The van der Waals surface area contributed by atoms with Crippen LogP contribution in [0.25, 0.3) is 5.69 Å². The van der Waals surface area contributed by atoms with Gasteiger partial charge < -0.3 is 5.32 Å². The van der Waals surface area contributed by atoms with Crippen molar-refractivity contribution in [3.8, 4) is 5.69 Å². The van der Waals surface area contributed by atoms with Crippen LogP contribution < -0.4 is 10.9 Å². The second-order valence-electron chi connectivity index (χ2n) is 9.29. The average Bonchev–Trinajstić information content (AvgIpc) is 3.55. The zero-order valence-electron chi connectivity index (χ0n) is 19.3. The van der Waals surface area contributed by atoms with Gasteiger partial charge in [-0.15, -0.1) is 5.10 Å². The zero-order valence-corrected chi connectivity index (χ0v) is 20.0. The van der Waals surface area contributed by atoms with Crippen LogP contribution in [-0.4, -0.2) is 30.3 Å². The van der Waals surface area contributed by atoms with Crippen LogP contribution >= 0.6 is 11.6 Å². The number of rotatable bonds is 5. The van der Waals surface area contributed by atoms with E-state index in [1.807, 2.05) is 43.8 Å². The number of hydrogen-bond acceptors (Lipinski definition) is 4. The van der Waals surface area contributed by atoms with Crippen molar-refractivity contribution in [3.63, 3.8) is 0 Å². The Labute approximate surface area is 197 Å². The molecule has 2 aliphatic rings. The standard InChI is InChI=1S/C24H29ClN6O2/c1-14-22(24(33)31(29(14)3)18-7-5-4-6-8-18)26-23(32)21-15(2)30(28-27-21)20-12-11-17(25)13-19(20)16-9-10-16/h11-13,16,18H,4-10H2,1-3H3,(H,26,32). The van der Waals surface area contributed by atoms with Crippen LogP contribution in [0.5, 0.6) is 0 Å². The molecule has 0 bridgehead atoms. The maximum atomic E-state index is 13.2. The van der Waals surface area contributed by atoms with Crippen LogP contribution in [0.1, 0.15) is 84.3 Å². The fourth-order valence-corrected chi connectivity index (χ4v) is 5.17. The molecule has 0 aliphatic heterocycles. The van der Waals surface area contributed by atoms with Crippen molar-refractivity contribution in [1.82, 2.24) is 24.4 Å². The topological polar surface area (TPSA) is 86.7 Å². The molecule has 9 heteroatoms. The molecule has 2 aromatic heterocycles. The molecule has 0 radical (unpaired) electrons. The molecular weight excluding hydrogens is 440 g/mol. The Morgan fingerprint density at radius 2 is 1.82 bits per heavy atom. The number of carbonyl (C=O) groups excluding carboxylic acids is 1. The molecular formula is C24H29ClN6O2. The number of anilines is 1. The Hall–Kier alpha value is -2.87. The summed E-state index contributed by atoms with van der Waals surface area (Å²) in [4.78, 5) is 26.4. The normalized spacial score (nSPS) is 16.8. The number of nitrogens with one attached hydrogen (secondary N) is 1. The van der Waals surface area contributed by atoms with Gasteiger partial charge in [0.2, 0.25) is 0 Å². The van der Waals surface area contributed by atoms with Gasteiger partial charge >= 0.3 is 0 Å². The van der Waals surface area contributed by atoms with Crippen molar-refractivity contribution in [3.05, 3.63) is 56.2 Å². The highest BCUT2D eigenvalue weighted by Crippen LogP contribution is 2.43. The number of aromatic nitrogens is 5. The quantitative estimate of drug-likeness (QED) is 0.589. The zero-order chi connectivity index (χ0) is 23.3. The maximum Gasteiger partial charge on any atom is 0.291 e. The molecule has 8 nitrogen and oxygen atoms in total. The Kier molecular flexibility index (Phi) is 5.64.